The van der Waals surface area contributed by atoms with Crippen LogP contribution in [0.4, 0.5) is 0 Å². The Kier molecular flexibility index (Phi) is 11.9. The SMILES string of the molecule is O=c1nc(-c2ccccc2)nc2cc(-c3cccc(-c4ccc(-c5cccc(-c6cc(-c7ccccc7)cc7nc(-n8c9ccccc9c9cc(-c%10ccccc%10)ccc98)nc(=O)n67)c5)cc4)c3)c(-c3cccc(-c4ccccc4)c3)cn12. The van der Waals surface area contributed by atoms with Gasteiger partial charge in [-0.2, -0.15) is 15.0 Å². The van der Waals surface area contributed by atoms with E-state index < -0.39 is 11.4 Å². The molecule has 0 radical (unpaired) electrons. The zero-order valence-electron chi connectivity index (χ0n) is 44.6. The van der Waals surface area contributed by atoms with E-state index >= 15 is 0 Å². The van der Waals surface area contributed by atoms with Gasteiger partial charge in [-0.1, -0.05) is 224 Å². The number of fused-ring (bicyclic) bond motifs is 5. The van der Waals surface area contributed by atoms with Crippen molar-refractivity contribution in [2.24, 2.45) is 0 Å². The molecule has 0 aliphatic heterocycles. The molecule has 0 fully saturated rings. The lowest BCUT2D eigenvalue weighted by Crippen LogP contribution is -2.23. The van der Waals surface area contributed by atoms with Crippen LogP contribution in [0.1, 0.15) is 0 Å². The second-order valence-electron chi connectivity index (χ2n) is 20.7. The lowest BCUT2D eigenvalue weighted by atomic mass is 9.92. The van der Waals surface area contributed by atoms with Gasteiger partial charge in [0.1, 0.15) is 11.3 Å². The molecule has 15 rings (SSSR count). The van der Waals surface area contributed by atoms with Crippen molar-refractivity contribution in [3.05, 3.63) is 306 Å². The minimum absolute atomic E-state index is 0.305. The maximum Gasteiger partial charge on any atom is 0.357 e. The molecule has 10 aromatic carbocycles. The average molecular weight is 1070 g/mol. The molecule has 0 unspecified atom stereocenters. The zero-order valence-corrected chi connectivity index (χ0v) is 44.6. The third-order valence-corrected chi connectivity index (χ3v) is 15.6. The van der Waals surface area contributed by atoms with Gasteiger partial charge in [0.15, 0.2) is 5.82 Å². The maximum atomic E-state index is 14.8. The van der Waals surface area contributed by atoms with E-state index in [-0.39, 0.29) is 0 Å². The maximum absolute atomic E-state index is 14.8. The molecule has 0 aliphatic carbocycles. The molecule has 390 valence electrons. The third-order valence-electron chi connectivity index (χ3n) is 15.6. The van der Waals surface area contributed by atoms with E-state index in [1.807, 2.05) is 132 Å². The average Bonchev–Trinajstić information content (AvgIpc) is 4.02. The molecule has 0 amide bonds. The summed E-state index contributed by atoms with van der Waals surface area (Å²) < 4.78 is 5.17. The van der Waals surface area contributed by atoms with Gasteiger partial charge in [-0.15, -0.1) is 0 Å². The Morgan fingerprint density at radius 2 is 0.747 bits per heavy atom. The van der Waals surface area contributed by atoms with Crippen molar-refractivity contribution in [2.75, 3.05) is 0 Å². The van der Waals surface area contributed by atoms with E-state index in [1.165, 1.54) is 4.40 Å². The summed E-state index contributed by atoms with van der Waals surface area (Å²) in [7, 11) is 0. The fraction of sp³-hybridized carbons (Fsp3) is 0. The quantitative estimate of drug-likeness (QED) is 0.135. The predicted molar refractivity (Wildman–Crippen MR) is 335 cm³/mol. The summed E-state index contributed by atoms with van der Waals surface area (Å²) in [6.07, 6.45) is 1.87. The molecule has 0 spiro atoms. The molecular formula is C74H47N7O2. The van der Waals surface area contributed by atoms with Crippen molar-refractivity contribution < 1.29 is 0 Å². The lowest BCUT2D eigenvalue weighted by molar-refractivity contribution is 0.890. The largest absolute Gasteiger partial charge is 0.357 e. The van der Waals surface area contributed by atoms with Crippen LogP contribution in [0.2, 0.25) is 0 Å². The summed E-state index contributed by atoms with van der Waals surface area (Å²) in [5.41, 5.74) is 18.4. The van der Waals surface area contributed by atoms with E-state index in [1.54, 1.807) is 4.40 Å². The molecule has 5 aromatic heterocycles. The second-order valence-corrected chi connectivity index (χ2v) is 20.7. The van der Waals surface area contributed by atoms with Gasteiger partial charge in [0.05, 0.1) is 16.7 Å². The van der Waals surface area contributed by atoms with Gasteiger partial charge in [0, 0.05) is 28.1 Å². The molecule has 0 aliphatic rings. The summed E-state index contributed by atoms with van der Waals surface area (Å²) >= 11 is 0. The van der Waals surface area contributed by atoms with E-state index in [0.717, 1.165) is 111 Å². The summed E-state index contributed by atoms with van der Waals surface area (Å²) in [6, 6.07) is 94.9. The van der Waals surface area contributed by atoms with Gasteiger partial charge in [0.2, 0.25) is 5.95 Å². The summed E-state index contributed by atoms with van der Waals surface area (Å²) in [4.78, 5) is 48.0. The van der Waals surface area contributed by atoms with Gasteiger partial charge in [-0.05, 0) is 132 Å². The summed E-state index contributed by atoms with van der Waals surface area (Å²) in [5.74, 6) is 0.680. The zero-order chi connectivity index (χ0) is 55.4. The minimum atomic E-state index is -0.431. The van der Waals surface area contributed by atoms with Gasteiger partial charge in [-0.3, -0.25) is 8.97 Å². The molecular weight excluding hydrogens is 1020 g/mol. The first-order valence-electron chi connectivity index (χ1n) is 27.5. The fourth-order valence-corrected chi connectivity index (χ4v) is 11.6. The normalized spacial score (nSPS) is 11.5. The Morgan fingerprint density at radius 1 is 0.277 bits per heavy atom. The van der Waals surface area contributed by atoms with Crippen molar-refractivity contribution in [3.63, 3.8) is 0 Å². The number of hydrogen-bond donors (Lipinski definition) is 0. The number of nitrogens with zero attached hydrogens (tertiary/aromatic N) is 7. The summed E-state index contributed by atoms with van der Waals surface area (Å²) in [5, 5.41) is 2.10. The first kappa shape index (κ1) is 48.7. The van der Waals surface area contributed by atoms with Gasteiger partial charge in [0.25, 0.3) is 0 Å². The van der Waals surface area contributed by atoms with E-state index in [2.05, 4.69) is 163 Å². The van der Waals surface area contributed by atoms with Crippen molar-refractivity contribution in [1.29, 1.82) is 0 Å². The van der Waals surface area contributed by atoms with E-state index in [4.69, 9.17) is 15.0 Å². The first-order valence-corrected chi connectivity index (χ1v) is 27.5. The number of para-hydroxylation sites is 1. The number of hydrogen-bond acceptors (Lipinski definition) is 6. The smallest absolute Gasteiger partial charge is 0.278 e. The molecule has 9 nitrogen and oxygen atoms in total. The highest BCUT2D eigenvalue weighted by atomic mass is 16.1. The minimum Gasteiger partial charge on any atom is -0.278 e. The van der Waals surface area contributed by atoms with Crippen LogP contribution in [0.5, 0.6) is 0 Å². The van der Waals surface area contributed by atoms with Gasteiger partial charge >= 0.3 is 11.4 Å². The highest BCUT2D eigenvalue weighted by molar-refractivity contribution is 6.10. The Labute approximate surface area is 476 Å². The molecule has 0 atom stereocenters. The van der Waals surface area contributed by atoms with Crippen LogP contribution >= 0.6 is 0 Å². The second kappa shape index (κ2) is 20.4. The molecule has 0 saturated carbocycles. The van der Waals surface area contributed by atoms with Crippen molar-refractivity contribution in [1.82, 2.24) is 33.3 Å². The highest BCUT2D eigenvalue weighted by Gasteiger charge is 2.20. The van der Waals surface area contributed by atoms with E-state index in [9.17, 15) is 9.59 Å². The van der Waals surface area contributed by atoms with Crippen LogP contribution in [0.3, 0.4) is 0 Å². The first-order chi connectivity index (χ1) is 40.9. The molecule has 5 heterocycles. The Hall–Kier alpha value is -11.4. The topological polar surface area (TPSA) is 99.4 Å². The van der Waals surface area contributed by atoms with Crippen LogP contribution < -0.4 is 11.4 Å². The number of pyridine rings is 2. The molecule has 9 heteroatoms. The van der Waals surface area contributed by atoms with Crippen LogP contribution in [-0.2, 0) is 0 Å². The Balaban J connectivity index is 0.804. The van der Waals surface area contributed by atoms with Crippen molar-refractivity contribution >= 4 is 33.1 Å². The molecule has 83 heavy (non-hydrogen) atoms. The Bertz CT molecular complexity index is 5120. The molecule has 15 aromatic rings. The number of benzene rings is 10. The van der Waals surface area contributed by atoms with Crippen LogP contribution in [0.25, 0.3) is 140 Å². The fourth-order valence-electron chi connectivity index (χ4n) is 11.6. The highest BCUT2D eigenvalue weighted by Crippen LogP contribution is 2.39. The van der Waals surface area contributed by atoms with Gasteiger partial charge in [-0.25, -0.2) is 19.0 Å². The lowest BCUT2D eigenvalue weighted by Gasteiger charge is -2.15. The summed E-state index contributed by atoms with van der Waals surface area (Å²) in [6.45, 7) is 0. The third kappa shape index (κ3) is 8.95. The standard InChI is InChI=1S/C74H47N7O2/c82-73-77-71(53-24-11-4-12-25-53)75-69-46-63(65(47-79(69)73)59-30-16-26-54(41-59)48-18-5-1-6-19-48)58-29-15-27-55(40-58)51-34-36-52(37-35-51)56-28-17-31-60(42-56)68-44-61(50-22-9-3-10-23-50)45-70-76-72(78-74(83)81(68)70)80-66-33-14-13-32-62(66)64-43-57(38-39-67(64)80)49-20-7-2-8-21-49/h1-47H. The van der Waals surface area contributed by atoms with Crippen LogP contribution in [0, 0.1) is 0 Å². The van der Waals surface area contributed by atoms with Crippen LogP contribution in [-0.4, -0.2) is 33.3 Å². The van der Waals surface area contributed by atoms with Crippen LogP contribution in [0.15, 0.2) is 295 Å². The van der Waals surface area contributed by atoms with Crippen molar-refractivity contribution in [3.8, 4) is 106 Å². The number of rotatable bonds is 10. The molecule has 0 bridgehead atoms. The monoisotopic (exact) mass is 1070 g/mol. The molecule has 0 N–H and O–H groups in total. The van der Waals surface area contributed by atoms with E-state index in [0.29, 0.717) is 28.8 Å². The number of aromatic nitrogens is 7. The Morgan fingerprint density at radius 3 is 1.37 bits per heavy atom. The van der Waals surface area contributed by atoms with Crippen molar-refractivity contribution in [2.45, 2.75) is 0 Å². The predicted octanol–water partition coefficient (Wildman–Crippen LogP) is 16.6. The molecule has 0 saturated heterocycles. The van der Waals surface area contributed by atoms with Gasteiger partial charge < -0.3 is 0 Å².